The van der Waals surface area contributed by atoms with Gasteiger partial charge in [-0.05, 0) is 40.0 Å². The molecule has 140 valence electrons. The quantitative estimate of drug-likeness (QED) is 0.192. The lowest BCUT2D eigenvalue weighted by Crippen LogP contribution is -2.43. The molecule has 0 aromatic heterocycles. The summed E-state index contributed by atoms with van der Waals surface area (Å²) in [6, 6.07) is 0. The lowest BCUT2D eigenvalue weighted by atomic mass is 9.87. The summed E-state index contributed by atoms with van der Waals surface area (Å²) in [7, 11) is 0. The van der Waals surface area contributed by atoms with Crippen molar-refractivity contribution in [2.75, 3.05) is 13.2 Å². The predicted octanol–water partition coefficient (Wildman–Crippen LogP) is 7.13. The summed E-state index contributed by atoms with van der Waals surface area (Å²) in [5.74, 6) is 0.181. The first-order valence-electron chi connectivity index (χ1n) is 9.97. The summed E-state index contributed by atoms with van der Waals surface area (Å²) in [5.41, 5.74) is 0. The molecule has 0 amide bonds. The normalized spacial score (nSPS) is 12.4. The van der Waals surface area contributed by atoms with Gasteiger partial charge in [0.25, 0.3) is 0 Å². The molecule has 0 aliphatic rings. The van der Waals surface area contributed by atoms with E-state index >= 15 is 0 Å². The van der Waals surface area contributed by atoms with E-state index in [0.717, 1.165) is 26.1 Å². The number of hydrogen-bond acceptors (Lipinski definition) is 2. The van der Waals surface area contributed by atoms with Crippen LogP contribution in [0.15, 0.2) is 12.7 Å². The van der Waals surface area contributed by atoms with Crippen molar-refractivity contribution in [2.24, 2.45) is 5.92 Å². The van der Waals surface area contributed by atoms with Gasteiger partial charge in [0.05, 0.1) is 0 Å². The van der Waals surface area contributed by atoms with Gasteiger partial charge in [-0.3, -0.25) is 0 Å². The zero-order chi connectivity index (χ0) is 18.0. The fraction of sp³-hybridized carbons (Fsp3) is 0.905. The maximum atomic E-state index is 6.05. The Labute approximate surface area is 147 Å². The first-order valence-corrected chi connectivity index (χ1v) is 9.97. The van der Waals surface area contributed by atoms with Crippen LogP contribution >= 0.6 is 0 Å². The van der Waals surface area contributed by atoms with Gasteiger partial charge in [-0.2, -0.15) is 0 Å². The zero-order valence-electron chi connectivity index (χ0n) is 17.0. The largest absolute Gasteiger partial charge is 0.350 e. The van der Waals surface area contributed by atoms with Crippen molar-refractivity contribution in [3.63, 3.8) is 0 Å². The van der Waals surface area contributed by atoms with Crippen molar-refractivity contribution in [3.05, 3.63) is 12.7 Å². The zero-order valence-corrected chi connectivity index (χ0v) is 17.0. The summed E-state index contributed by atoms with van der Waals surface area (Å²) in [6.07, 6.45) is 13.2. The number of unbranched alkanes of at least 4 members (excludes halogenated alkanes) is 5. The lowest BCUT2D eigenvalue weighted by molar-refractivity contribution is -0.267. The highest BCUT2D eigenvalue weighted by molar-refractivity contribution is 4.78. The Bertz CT molecular complexity index is 232. The standard InChI is InChI=1S/C18H38O2.C3H6/c1-6-11-12-13-14-15-16-17(7-2)18(8-3,19-9-4)20-10-5;1-3-2/h17H,6-16H2,1-5H3;3H,1H2,2H3. The van der Waals surface area contributed by atoms with Gasteiger partial charge in [0, 0.05) is 19.1 Å². The second-order valence-electron chi connectivity index (χ2n) is 6.10. The average molecular weight is 329 g/mol. The number of rotatable bonds is 14. The van der Waals surface area contributed by atoms with Gasteiger partial charge in [0.1, 0.15) is 0 Å². The highest BCUT2D eigenvalue weighted by Gasteiger charge is 2.37. The molecule has 0 fully saturated rings. The molecule has 0 spiro atoms. The van der Waals surface area contributed by atoms with E-state index in [2.05, 4.69) is 41.2 Å². The van der Waals surface area contributed by atoms with Gasteiger partial charge in [0.15, 0.2) is 5.79 Å². The van der Waals surface area contributed by atoms with Gasteiger partial charge in [-0.1, -0.05) is 65.4 Å². The Morgan fingerprint density at radius 1 is 0.870 bits per heavy atom. The number of ether oxygens (including phenoxy) is 2. The molecule has 0 N–H and O–H groups in total. The Hall–Kier alpha value is -0.340. The average Bonchev–Trinajstić information content (AvgIpc) is 2.55. The molecule has 1 unspecified atom stereocenters. The molecule has 2 nitrogen and oxygen atoms in total. The van der Waals surface area contributed by atoms with Crippen molar-refractivity contribution in [1.29, 1.82) is 0 Å². The molecule has 0 saturated carbocycles. The van der Waals surface area contributed by atoms with Gasteiger partial charge in [0.2, 0.25) is 0 Å². The molecule has 23 heavy (non-hydrogen) atoms. The van der Waals surface area contributed by atoms with Crippen LogP contribution < -0.4 is 0 Å². The summed E-state index contributed by atoms with van der Waals surface area (Å²) in [6.45, 7) is 17.6. The van der Waals surface area contributed by atoms with E-state index in [1.165, 1.54) is 44.9 Å². The second kappa shape index (κ2) is 18.0. The Balaban J connectivity index is 0. The summed E-state index contributed by atoms with van der Waals surface area (Å²) < 4.78 is 12.1. The van der Waals surface area contributed by atoms with Crippen LogP contribution in [0.2, 0.25) is 0 Å². The van der Waals surface area contributed by atoms with E-state index in [1.54, 1.807) is 6.08 Å². The molecule has 0 aromatic rings. The maximum Gasteiger partial charge on any atom is 0.170 e. The third-order valence-corrected chi connectivity index (χ3v) is 4.29. The highest BCUT2D eigenvalue weighted by atomic mass is 16.7. The van der Waals surface area contributed by atoms with Crippen molar-refractivity contribution < 1.29 is 9.47 Å². The van der Waals surface area contributed by atoms with E-state index in [4.69, 9.17) is 9.47 Å². The smallest absolute Gasteiger partial charge is 0.170 e. The Morgan fingerprint density at radius 3 is 1.74 bits per heavy atom. The minimum Gasteiger partial charge on any atom is -0.350 e. The molecule has 1 atom stereocenters. The molecule has 0 aliphatic heterocycles. The van der Waals surface area contributed by atoms with Crippen molar-refractivity contribution in [2.45, 2.75) is 105 Å². The number of allylic oxidation sites excluding steroid dienone is 1. The fourth-order valence-electron chi connectivity index (χ4n) is 3.16. The number of hydrogen-bond donors (Lipinski definition) is 0. The monoisotopic (exact) mass is 328 g/mol. The van der Waals surface area contributed by atoms with Crippen molar-refractivity contribution in [3.8, 4) is 0 Å². The Kier molecular flexibility index (Phi) is 19.5. The van der Waals surface area contributed by atoms with E-state index in [0.29, 0.717) is 5.92 Å². The summed E-state index contributed by atoms with van der Waals surface area (Å²) in [4.78, 5) is 0. The van der Waals surface area contributed by atoms with Crippen LogP contribution in [0.5, 0.6) is 0 Å². The van der Waals surface area contributed by atoms with Crippen molar-refractivity contribution in [1.82, 2.24) is 0 Å². The van der Waals surface area contributed by atoms with Crippen LogP contribution in [-0.2, 0) is 9.47 Å². The van der Waals surface area contributed by atoms with Crippen LogP contribution in [0.4, 0.5) is 0 Å². The third kappa shape index (κ3) is 11.8. The summed E-state index contributed by atoms with van der Waals surface area (Å²) >= 11 is 0. The van der Waals surface area contributed by atoms with Gasteiger partial charge < -0.3 is 9.47 Å². The van der Waals surface area contributed by atoms with Crippen LogP contribution in [0.1, 0.15) is 99.3 Å². The van der Waals surface area contributed by atoms with Crippen LogP contribution in [-0.4, -0.2) is 19.0 Å². The van der Waals surface area contributed by atoms with Crippen LogP contribution in [0.25, 0.3) is 0 Å². The van der Waals surface area contributed by atoms with E-state index in [-0.39, 0.29) is 5.79 Å². The maximum absolute atomic E-state index is 6.05. The van der Waals surface area contributed by atoms with Gasteiger partial charge in [-0.15, -0.1) is 6.58 Å². The van der Waals surface area contributed by atoms with Crippen LogP contribution in [0, 0.1) is 5.92 Å². The fourth-order valence-corrected chi connectivity index (χ4v) is 3.16. The molecular weight excluding hydrogens is 284 g/mol. The SMILES string of the molecule is C=CC.CCCCCCCCC(CC)C(CC)(OCC)OCC. The second-order valence-corrected chi connectivity index (χ2v) is 6.10. The third-order valence-electron chi connectivity index (χ3n) is 4.29. The molecule has 0 bridgehead atoms. The molecular formula is C21H44O2. The van der Waals surface area contributed by atoms with E-state index < -0.39 is 0 Å². The summed E-state index contributed by atoms with van der Waals surface area (Å²) in [5, 5.41) is 0. The first kappa shape index (κ1) is 24.9. The predicted molar refractivity (Wildman–Crippen MR) is 104 cm³/mol. The molecule has 0 heterocycles. The molecule has 2 heteroatoms. The highest BCUT2D eigenvalue weighted by Crippen LogP contribution is 2.34. The van der Waals surface area contributed by atoms with E-state index in [9.17, 15) is 0 Å². The minimum absolute atomic E-state index is 0.346. The molecule has 0 radical (unpaired) electrons. The molecule has 0 saturated heterocycles. The topological polar surface area (TPSA) is 18.5 Å². The van der Waals surface area contributed by atoms with Crippen molar-refractivity contribution >= 4 is 0 Å². The Morgan fingerprint density at radius 2 is 1.35 bits per heavy atom. The van der Waals surface area contributed by atoms with Crippen LogP contribution in [0.3, 0.4) is 0 Å². The van der Waals surface area contributed by atoms with Gasteiger partial charge in [-0.25, -0.2) is 0 Å². The van der Waals surface area contributed by atoms with E-state index in [1.807, 2.05) is 6.92 Å². The lowest BCUT2D eigenvalue weighted by Gasteiger charge is -2.39. The molecule has 0 aromatic carbocycles. The minimum atomic E-state index is -0.346. The molecule has 0 aliphatic carbocycles. The first-order chi connectivity index (χ1) is 11.1. The van der Waals surface area contributed by atoms with Gasteiger partial charge >= 0.3 is 0 Å². The molecule has 0 rings (SSSR count).